The van der Waals surface area contributed by atoms with E-state index in [1.807, 2.05) is 52.9 Å². The molecule has 1 aromatic carbocycles. The number of carbonyl (C=O) groups excluding carboxylic acids is 1. The maximum Gasteiger partial charge on any atom is 0.419 e. The first-order valence-corrected chi connectivity index (χ1v) is 4.98. The third-order valence-electron chi connectivity index (χ3n) is 1.42. The molecule has 4 heteroatoms. The van der Waals surface area contributed by atoms with Crippen LogP contribution in [0.2, 0.25) is 0 Å². The van der Waals surface area contributed by atoms with E-state index in [1.54, 1.807) is 0 Å². The monoisotopic (exact) mass is 301 g/mol. The molecular weight excluding hydrogens is 293 g/mol. The highest BCUT2D eigenvalue weighted by Crippen LogP contribution is 1.99. The molecule has 0 aliphatic carbocycles. The predicted molar refractivity (Wildman–Crippen MR) is 61.6 cm³/mol. The Balaban J connectivity index is 2.33. The van der Waals surface area contributed by atoms with Crippen molar-refractivity contribution in [3.63, 3.8) is 0 Å². The maximum absolute atomic E-state index is 10.9. The Morgan fingerprint density at radius 1 is 1.43 bits per heavy atom. The van der Waals surface area contributed by atoms with E-state index in [-0.39, 0.29) is 6.61 Å². The van der Waals surface area contributed by atoms with Gasteiger partial charge in [0.2, 0.25) is 0 Å². The van der Waals surface area contributed by atoms with Crippen LogP contribution >= 0.6 is 22.6 Å². The first kappa shape index (κ1) is 10.9. The van der Waals surface area contributed by atoms with Crippen LogP contribution in [0.25, 0.3) is 0 Å². The van der Waals surface area contributed by atoms with Gasteiger partial charge in [0.15, 0.2) is 0 Å². The zero-order chi connectivity index (χ0) is 10.2. The number of ether oxygens (including phenoxy) is 1. The van der Waals surface area contributed by atoms with Crippen LogP contribution in [0.4, 0.5) is 4.79 Å². The molecule has 0 fully saturated rings. The molecule has 3 nitrogen and oxygen atoms in total. The summed E-state index contributed by atoms with van der Waals surface area (Å²) in [5, 5.41) is 2.27. The largest absolute Gasteiger partial charge is 0.444 e. The van der Waals surface area contributed by atoms with Gasteiger partial charge in [-0.3, -0.25) is 0 Å². The van der Waals surface area contributed by atoms with Crippen LogP contribution in [0.15, 0.2) is 30.3 Å². The number of hydrogen-bond donors (Lipinski definition) is 1. The van der Waals surface area contributed by atoms with Crippen molar-refractivity contribution in [2.45, 2.75) is 6.61 Å². The highest BCUT2D eigenvalue weighted by atomic mass is 127. The summed E-state index contributed by atoms with van der Waals surface area (Å²) in [5.74, 6) is 0. The molecule has 0 bridgehead atoms. The summed E-state index contributed by atoms with van der Waals surface area (Å²) in [7, 11) is 0. The average Bonchev–Trinajstić information content (AvgIpc) is 2.25. The van der Waals surface area contributed by atoms with Gasteiger partial charge >= 0.3 is 6.09 Å². The Kier molecular flexibility index (Phi) is 4.86. The van der Waals surface area contributed by atoms with Crippen molar-refractivity contribution in [2.24, 2.45) is 0 Å². The molecule has 1 amide bonds. The van der Waals surface area contributed by atoms with Crippen LogP contribution in [-0.2, 0) is 11.3 Å². The summed E-state index contributed by atoms with van der Waals surface area (Å²) in [6.45, 7) is 0.260. The van der Waals surface area contributed by atoms with Crippen molar-refractivity contribution in [3.05, 3.63) is 35.9 Å². The number of rotatable bonds is 2. The molecule has 0 saturated heterocycles. The van der Waals surface area contributed by atoms with E-state index in [4.69, 9.17) is 4.74 Å². The van der Waals surface area contributed by atoms with Gasteiger partial charge < -0.3 is 4.74 Å². The molecule has 0 spiro atoms. The summed E-state index contributed by atoms with van der Waals surface area (Å²) in [5.41, 5.74) is 0.949. The highest BCUT2D eigenvalue weighted by Gasteiger charge is 1.98. The fourth-order valence-corrected chi connectivity index (χ4v) is 0.969. The number of carbonyl (C=O) groups is 1. The van der Waals surface area contributed by atoms with Crippen LogP contribution in [0.5, 0.6) is 0 Å². The molecule has 1 rings (SSSR count). The third kappa shape index (κ3) is 4.14. The average molecular weight is 301 g/mol. The lowest BCUT2D eigenvalue weighted by molar-refractivity contribution is 0.144. The summed E-state index contributed by atoms with van der Waals surface area (Å²) >= 11 is 1.83. The van der Waals surface area contributed by atoms with Crippen molar-refractivity contribution in [1.29, 1.82) is 0 Å². The molecule has 0 aromatic heterocycles. The molecule has 0 unspecified atom stereocenters. The molecule has 0 aliphatic rings. The van der Waals surface area contributed by atoms with E-state index in [9.17, 15) is 4.79 Å². The Morgan fingerprint density at radius 2 is 2.14 bits per heavy atom. The van der Waals surface area contributed by atoms with Gasteiger partial charge in [-0.1, -0.05) is 30.3 Å². The van der Waals surface area contributed by atoms with Crippen LogP contribution in [0.1, 0.15) is 5.56 Å². The van der Waals surface area contributed by atoms with Crippen molar-refractivity contribution in [3.8, 4) is 9.97 Å². The van der Waals surface area contributed by atoms with Crippen molar-refractivity contribution in [1.82, 2.24) is 5.32 Å². The molecule has 72 valence electrons. The second kappa shape index (κ2) is 6.27. The third-order valence-corrected chi connectivity index (χ3v) is 1.69. The molecule has 0 aliphatic heterocycles. The first-order chi connectivity index (χ1) is 6.83. The van der Waals surface area contributed by atoms with Gasteiger partial charge in [0, 0.05) is 28.6 Å². The Hall–Kier alpha value is -1.22. The molecule has 0 heterocycles. The van der Waals surface area contributed by atoms with Gasteiger partial charge in [-0.2, -0.15) is 0 Å². The molecule has 1 N–H and O–H groups in total. The Bertz CT molecular complexity index is 353. The normalized spacial score (nSPS) is 8.36. The highest BCUT2D eigenvalue weighted by molar-refractivity contribution is 14.1. The van der Waals surface area contributed by atoms with Gasteiger partial charge in [-0.05, 0) is 9.49 Å². The smallest absolute Gasteiger partial charge is 0.419 e. The van der Waals surface area contributed by atoms with Gasteiger partial charge in [0.05, 0.1) is 0 Å². The molecule has 14 heavy (non-hydrogen) atoms. The van der Waals surface area contributed by atoms with E-state index in [1.165, 1.54) is 0 Å². The van der Waals surface area contributed by atoms with Gasteiger partial charge in [-0.25, -0.2) is 10.1 Å². The number of halogens is 1. The van der Waals surface area contributed by atoms with E-state index in [0.29, 0.717) is 0 Å². The Morgan fingerprint density at radius 3 is 2.79 bits per heavy atom. The summed E-state index contributed by atoms with van der Waals surface area (Å²) in [6.07, 6.45) is -0.530. The minimum atomic E-state index is -0.530. The summed E-state index contributed by atoms with van der Waals surface area (Å²) in [4.78, 5) is 10.9. The minimum Gasteiger partial charge on any atom is -0.444 e. The second-order valence-corrected chi connectivity index (χ2v) is 2.95. The quantitative estimate of drug-likeness (QED) is 0.517. The standard InChI is InChI=1S/C10H8INO2/c11-6-7-12-10(13)14-8-9-4-2-1-3-5-9/h1-5H,8H2,(H,12,13). The van der Waals surface area contributed by atoms with Crippen LogP contribution in [0.3, 0.4) is 0 Å². The second-order valence-electron chi connectivity index (χ2n) is 2.41. The summed E-state index contributed by atoms with van der Waals surface area (Å²) < 4.78 is 7.38. The fourth-order valence-electron chi connectivity index (χ4n) is 0.834. The minimum absolute atomic E-state index is 0.260. The van der Waals surface area contributed by atoms with E-state index in [2.05, 4.69) is 15.3 Å². The predicted octanol–water partition coefficient (Wildman–Crippen LogP) is 2.27. The van der Waals surface area contributed by atoms with Crippen LogP contribution < -0.4 is 5.32 Å². The van der Waals surface area contributed by atoms with E-state index >= 15 is 0 Å². The topological polar surface area (TPSA) is 38.3 Å². The Labute approximate surface area is 96.0 Å². The lowest BCUT2D eigenvalue weighted by Crippen LogP contribution is -2.18. The fraction of sp³-hybridized carbons (Fsp3) is 0.100. The van der Waals surface area contributed by atoms with Crippen molar-refractivity contribution < 1.29 is 9.53 Å². The zero-order valence-electron chi connectivity index (χ0n) is 7.29. The van der Waals surface area contributed by atoms with Crippen molar-refractivity contribution in [2.75, 3.05) is 0 Å². The van der Waals surface area contributed by atoms with Gasteiger partial charge in [0.25, 0.3) is 0 Å². The molecular formula is C10H8INO2. The molecule has 0 atom stereocenters. The molecule has 1 aromatic rings. The van der Waals surface area contributed by atoms with Crippen LogP contribution in [-0.4, -0.2) is 6.09 Å². The van der Waals surface area contributed by atoms with Crippen molar-refractivity contribution >= 4 is 28.7 Å². The summed E-state index contributed by atoms with van der Waals surface area (Å²) in [6, 6.07) is 11.9. The lowest BCUT2D eigenvalue weighted by atomic mass is 10.2. The van der Waals surface area contributed by atoms with Gasteiger partial charge in [-0.15, -0.1) is 0 Å². The first-order valence-electron chi connectivity index (χ1n) is 3.90. The SMILES string of the molecule is O=C(NC#CI)OCc1ccccc1. The maximum atomic E-state index is 10.9. The zero-order valence-corrected chi connectivity index (χ0v) is 9.45. The number of benzene rings is 1. The number of nitrogens with one attached hydrogen (secondary N) is 1. The number of hydrogen-bond acceptors (Lipinski definition) is 2. The molecule has 0 saturated carbocycles. The van der Waals surface area contributed by atoms with E-state index < -0.39 is 6.09 Å². The number of amides is 1. The van der Waals surface area contributed by atoms with Gasteiger partial charge in [0.1, 0.15) is 6.61 Å². The lowest BCUT2D eigenvalue weighted by Gasteiger charge is -2.02. The number of alkyl carbamates (subject to hydrolysis) is 1. The van der Waals surface area contributed by atoms with E-state index in [0.717, 1.165) is 5.56 Å². The van der Waals surface area contributed by atoms with Crippen LogP contribution in [0, 0.1) is 9.97 Å². The molecule has 0 radical (unpaired) electrons.